The molecule has 0 aromatic carbocycles. The maximum absolute atomic E-state index is 11.9. The van der Waals surface area contributed by atoms with Crippen LogP contribution in [-0.4, -0.2) is 28.5 Å². The van der Waals surface area contributed by atoms with Gasteiger partial charge in [-0.2, -0.15) is 0 Å². The monoisotopic (exact) mass is 253 g/mol. The van der Waals surface area contributed by atoms with Crippen molar-refractivity contribution < 1.29 is 9.90 Å². The Morgan fingerprint density at radius 2 is 2.41 bits per heavy atom. The Hall–Kier alpha value is -0.870. The first kappa shape index (κ1) is 12.6. The quantitative estimate of drug-likeness (QED) is 0.895. The van der Waals surface area contributed by atoms with Crippen LogP contribution in [0.2, 0.25) is 0 Å². The molecule has 1 N–H and O–H groups in total. The van der Waals surface area contributed by atoms with Crippen molar-refractivity contribution in [1.29, 1.82) is 0 Å². The van der Waals surface area contributed by atoms with Gasteiger partial charge in [0.05, 0.1) is 6.10 Å². The summed E-state index contributed by atoms with van der Waals surface area (Å²) in [5.74, 6) is 0.232. The SMILES string of the molecule is CCC(C)N1CC(C(O)c2cccs2)CC1=O. The van der Waals surface area contributed by atoms with Crippen LogP contribution in [0.15, 0.2) is 17.5 Å². The Labute approximate surface area is 106 Å². The molecule has 0 spiro atoms. The lowest BCUT2D eigenvalue weighted by molar-refractivity contribution is -0.129. The van der Waals surface area contributed by atoms with Gasteiger partial charge in [0.1, 0.15) is 0 Å². The lowest BCUT2D eigenvalue weighted by Crippen LogP contribution is -2.34. The third kappa shape index (κ3) is 2.53. The zero-order chi connectivity index (χ0) is 12.4. The first-order valence-electron chi connectivity index (χ1n) is 6.14. The van der Waals surface area contributed by atoms with E-state index in [1.807, 2.05) is 22.4 Å². The summed E-state index contributed by atoms with van der Waals surface area (Å²) in [6.45, 7) is 4.84. The maximum Gasteiger partial charge on any atom is 0.223 e. The summed E-state index contributed by atoms with van der Waals surface area (Å²) in [4.78, 5) is 14.7. The minimum Gasteiger partial charge on any atom is -0.387 e. The topological polar surface area (TPSA) is 40.5 Å². The van der Waals surface area contributed by atoms with Crippen LogP contribution in [0.3, 0.4) is 0 Å². The van der Waals surface area contributed by atoms with Gasteiger partial charge in [0.2, 0.25) is 5.91 Å². The molecule has 1 fully saturated rings. The Bertz CT molecular complexity index is 377. The van der Waals surface area contributed by atoms with Gasteiger partial charge in [0.25, 0.3) is 0 Å². The van der Waals surface area contributed by atoms with Crippen molar-refractivity contribution in [2.75, 3.05) is 6.54 Å². The van der Waals surface area contributed by atoms with Crippen molar-refractivity contribution in [3.8, 4) is 0 Å². The predicted molar refractivity (Wildman–Crippen MR) is 68.9 cm³/mol. The molecular formula is C13H19NO2S. The summed E-state index contributed by atoms with van der Waals surface area (Å²) < 4.78 is 0. The molecule has 1 aliphatic heterocycles. The molecular weight excluding hydrogens is 234 g/mol. The fourth-order valence-electron chi connectivity index (χ4n) is 2.31. The molecule has 0 bridgehead atoms. The van der Waals surface area contributed by atoms with Gasteiger partial charge in [-0.1, -0.05) is 13.0 Å². The number of nitrogens with zero attached hydrogens (tertiary/aromatic N) is 1. The summed E-state index contributed by atoms with van der Waals surface area (Å²) >= 11 is 1.55. The van der Waals surface area contributed by atoms with E-state index >= 15 is 0 Å². The zero-order valence-corrected chi connectivity index (χ0v) is 11.1. The first-order chi connectivity index (χ1) is 8.13. The number of amides is 1. The van der Waals surface area contributed by atoms with Crippen LogP contribution in [0.1, 0.15) is 37.7 Å². The Kier molecular flexibility index (Phi) is 3.84. The van der Waals surface area contributed by atoms with Crippen molar-refractivity contribution in [1.82, 2.24) is 4.90 Å². The number of thiophene rings is 1. The van der Waals surface area contributed by atoms with Crippen molar-refractivity contribution in [3.63, 3.8) is 0 Å². The van der Waals surface area contributed by atoms with Gasteiger partial charge in [0, 0.05) is 29.8 Å². The largest absolute Gasteiger partial charge is 0.387 e. The summed E-state index contributed by atoms with van der Waals surface area (Å²) in [5.41, 5.74) is 0. The molecule has 3 nitrogen and oxygen atoms in total. The minimum absolute atomic E-state index is 0.0511. The zero-order valence-electron chi connectivity index (χ0n) is 10.3. The summed E-state index contributed by atoms with van der Waals surface area (Å²) in [7, 11) is 0. The third-order valence-corrected chi connectivity index (χ3v) is 4.54. The number of hydrogen-bond donors (Lipinski definition) is 1. The van der Waals surface area contributed by atoms with Crippen LogP contribution in [-0.2, 0) is 4.79 Å². The third-order valence-electron chi connectivity index (χ3n) is 3.59. The van der Waals surface area contributed by atoms with E-state index in [1.165, 1.54) is 0 Å². The van der Waals surface area contributed by atoms with Crippen LogP contribution in [0.25, 0.3) is 0 Å². The molecule has 0 aliphatic carbocycles. The van der Waals surface area contributed by atoms with E-state index in [4.69, 9.17) is 0 Å². The fraction of sp³-hybridized carbons (Fsp3) is 0.615. The summed E-state index contributed by atoms with van der Waals surface area (Å²) in [5, 5.41) is 12.2. The highest BCUT2D eigenvalue weighted by atomic mass is 32.1. The molecule has 0 saturated carbocycles. The summed E-state index contributed by atoms with van der Waals surface area (Å²) in [6.07, 6.45) is 0.949. The molecule has 4 heteroatoms. The highest BCUT2D eigenvalue weighted by molar-refractivity contribution is 7.10. The number of rotatable bonds is 4. The van der Waals surface area contributed by atoms with E-state index in [2.05, 4.69) is 13.8 Å². The number of likely N-dealkylation sites (tertiary alicyclic amines) is 1. The van der Waals surface area contributed by atoms with E-state index < -0.39 is 6.10 Å². The van der Waals surface area contributed by atoms with Crippen LogP contribution in [0.5, 0.6) is 0 Å². The molecule has 94 valence electrons. The number of hydrogen-bond acceptors (Lipinski definition) is 3. The molecule has 17 heavy (non-hydrogen) atoms. The van der Waals surface area contributed by atoms with Gasteiger partial charge in [-0.25, -0.2) is 0 Å². The van der Waals surface area contributed by atoms with Crippen molar-refractivity contribution >= 4 is 17.2 Å². The van der Waals surface area contributed by atoms with Crippen LogP contribution in [0.4, 0.5) is 0 Å². The van der Waals surface area contributed by atoms with E-state index in [0.29, 0.717) is 13.0 Å². The van der Waals surface area contributed by atoms with E-state index in [0.717, 1.165) is 11.3 Å². The van der Waals surface area contributed by atoms with Crippen molar-refractivity contribution in [2.24, 2.45) is 5.92 Å². The Morgan fingerprint density at radius 3 is 3.00 bits per heavy atom. The van der Waals surface area contributed by atoms with Crippen molar-refractivity contribution in [2.45, 2.75) is 38.8 Å². The van der Waals surface area contributed by atoms with E-state index in [9.17, 15) is 9.90 Å². The predicted octanol–water partition coefficient (Wildman–Crippen LogP) is 2.43. The van der Waals surface area contributed by atoms with Gasteiger partial charge >= 0.3 is 0 Å². The highest BCUT2D eigenvalue weighted by Crippen LogP contribution is 2.33. The fourth-order valence-corrected chi connectivity index (χ4v) is 3.11. The van der Waals surface area contributed by atoms with Gasteiger partial charge in [-0.3, -0.25) is 4.79 Å². The minimum atomic E-state index is -0.493. The first-order valence-corrected chi connectivity index (χ1v) is 7.02. The average Bonchev–Trinajstić information content (AvgIpc) is 2.96. The van der Waals surface area contributed by atoms with Crippen LogP contribution >= 0.6 is 11.3 Å². The normalized spacial score (nSPS) is 24.1. The van der Waals surface area contributed by atoms with Gasteiger partial charge in [-0.05, 0) is 24.8 Å². The molecule has 1 saturated heterocycles. The Balaban J connectivity index is 2.04. The molecule has 1 aromatic heterocycles. The second kappa shape index (κ2) is 5.19. The maximum atomic E-state index is 11.9. The molecule has 2 heterocycles. The molecule has 3 unspecified atom stereocenters. The van der Waals surface area contributed by atoms with Crippen LogP contribution in [0, 0.1) is 5.92 Å². The molecule has 1 aliphatic rings. The summed E-state index contributed by atoms with van der Waals surface area (Å²) in [6, 6.07) is 4.15. The smallest absolute Gasteiger partial charge is 0.223 e. The second-order valence-electron chi connectivity index (χ2n) is 4.73. The second-order valence-corrected chi connectivity index (χ2v) is 5.71. The lowest BCUT2D eigenvalue weighted by Gasteiger charge is -2.24. The van der Waals surface area contributed by atoms with Crippen LogP contribution < -0.4 is 0 Å². The average molecular weight is 253 g/mol. The highest BCUT2D eigenvalue weighted by Gasteiger charge is 2.36. The number of aliphatic hydroxyl groups is 1. The molecule has 3 atom stereocenters. The lowest BCUT2D eigenvalue weighted by atomic mass is 10.0. The molecule has 1 aromatic rings. The number of carbonyl (C=O) groups is 1. The number of carbonyl (C=O) groups excluding carboxylic acids is 1. The van der Waals surface area contributed by atoms with Gasteiger partial charge in [-0.15, -0.1) is 11.3 Å². The molecule has 0 radical (unpaired) electrons. The van der Waals surface area contributed by atoms with Gasteiger partial charge in [0.15, 0.2) is 0 Å². The van der Waals surface area contributed by atoms with Gasteiger partial charge < -0.3 is 10.0 Å². The molecule has 2 rings (SSSR count). The van der Waals surface area contributed by atoms with E-state index in [1.54, 1.807) is 11.3 Å². The Morgan fingerprint density at radius 1 is 1.65 bits per heavy atom. The number of aliphatic hydroxyl groups excluding tert-OH is 1. The van der Waals surface area contributed by atoms with E-state index in [-0.39, 0.29) is 17.9 Å². The van der Waals surface area contributed by atoms with Crippen molar-refractivity contribution in [3.05, 3.63) is 22.4 Å². The standard InChI is InChI=1S/C13H19NO2S/c1-3-9(2)14-8-10(7-12(14)15)13(16)11-5-4-6-17-11/h4-6,9-10,13,16H,3,7-8H2,1-2H3. The molecule has 1 amide bonds.